The lowest BCUT2D eigenvalue weighted by Gasteiger charge is -2.27. The number of hydrogen-bond acceptors (Lipinski definition) is 3. The monoisotopic (exact) mass is 314 g/mol. The molecule has 0 amide bonds. The van der Waals surface area contributed by atoms with Crippen LogP contribution in [-0.4, -0.2) is 18.7 Å². The first-order chi connectivity index (χ1) is 8.26. The third kappa shape index (κ3) is 3.82. The highest BCUT2D eigenvalue weighted by molar-refractivity contribution is 9.10. The molecule has 0 fully saturated rings. The highest BCUT2D eigenvalue weighted by atomic mass is 79.9. The Labute approximate surface area is 117 Å². The molecule has 0 saturated carbocycles. The fourth-order valence-electron chi connectivity index (χ4n) is 1.66. The van der Waals surface area contributed by atoms with E-state index in [1.807, 2.05) is 45.9 Å². The number of carbonyl (C=O) groups excluding carboxylic acids is 1. The average Bonchev–Trinajstić information content (AvgIpc) is 2.24. The van der Waals surface area contributed by atoms with Crippen LogP contribution in [0.25, 0.3) is 0 Å². The molecular weight excluding hydrogens is 296 g/mol. The van der Waals surface area contributed by atoms with Gasteiger partial charge < -0.3 is 9.47 Å². The molecule has 0 N–H and O–H groups in total. The van der Waals surface area contributed by atoms with Crippen molar-refractivity contribution in [1.82, 2.24) is 0 Å². The Morgan fingerprint density at radius 3 is 2.39 bits per heavy atom. The van der Waals surface area contributed by atoms with Gasteiger partial charge in [-0.3, -0.25) is 0 Å². The zero-order valence-electron chi connectivity index (χ0n) is 11.4. The summed E-state index contributed by atoms with van der Waals surface area (Å²) in [6.45, 7) is 7.68. The van der Waals surface area contributed by atoms with E-state index in [0.29, 0.717) is 0 Å². The highest BCUT2D eigenvalue weighted by Gasteiger charge is 2.30. The van der Waals surface area contributed by atoms with Crippen LogP contribution in [0.3, 0.4) is 0 Å². The van der Waals surface area contributed by atoms with E-state index in [-0.39, 0.29) is 5.97 Å². The van der Waals surface area contributed by atoms with Crippen LogP contribution in [0.15, 0.2) is 22.7 Å². The molecule has 18 heavy (non-hydrogen) atoms. The lowest BCUT2D eigenvalue weighted by atomic mass is 10.0. The number of ether oxygens (including phenoxy) is 2. The van der Waals surface area contributed by atoms with Crippen LogP contribution in [0.1, 0.15) is 38.0 Å². The third-order valence-electron chi connectivity index (χ3n) is 2.42. The van der Waals surface area contributed by atoms with Crippen LogP contribution in [-0.2, 0) is 14.3 Å². The van der Waals surface area contributed by atoms with E-state index in [1.54, 1.807) is 0 Å². The maximum absolute atomic E-state index is 11.9. The van der Waals surface area contributed by atoms with Crippen LogP contribution >= 0.6 is 15.9 Å². The maximum atomic E-state index is 11.9. The molecule has 1 atom stereocenters. The summed E-state index contributed by atoms with van der Waals surface area (Å²) in [4.78, 5) is 11.9. The molecule has 4 heteroatoms. The fourth-order valence-corrected chi connectivity index (χ4v) is 2.34. The standard InChI is InChI=1S/C14H19BrO3/c1-9-7-6-8-10(15)11(9)12(13(16)17-5)18-14(2,3)4/h6-8,12H,1-5H3. The molecule has 3 nitrogen and oxygen atoms in total. The summed E-state index contributed by atoms with van der Waals surface area (Å²) < 4.78 is 11.5. The minimum Gasteiger partial charge on any atom is -0.467 e. The van der Waals surface area contributed by atoms with Crippen LogP contribution in [0.2, 0.25) is 0 Å². The number of halogens is 1. The first-order valence-electron chi connectivity index (χ1n) is 5.77. The van der Waals surface area contributed by atoms with Crippen molar-refractivity contribution in [1.29, 1.82) is 0 Å². The molecule has 0 bridgehead atoms. The summed E-state index contributed by atoms with van der Waals surface area (Å²) in [6.07, 6.45) is -0.717. The Balaban J connectivity index is 3.22. The zero-order valence-corrected chi connectivity index (χ0v) is 13.0. The van der Waals surface area contributed by atoms with Crippen molar-refractivity contribution in [2.75, 3.05) is 7.11 Å². The Hall–Kier alpha value is -0.870. The smallest absolute Gasteiger partial charge is 0.339 e. The van der Waals surface area contributed by atoms with Crippen LogP contribution in [0.4, 0.5) is 0 Å². The van der Waals surface area contributed by atoms with Crippen LogP contribution in [0, 0.1) is 6.92 Å². The summed E-state index contributed by atoms with van der Waals surface area (Å²) in [5.74, 6) is -0.389. The van der Waals surface area contributed by atoms with Gasteiger partial charge in [-0.25, -0.2) is 4.79 Å². The van der Waals surface area contributed by atoms with Gasteiger partial charge in [0, 0.05) is 10.0 Å². The van der Waals surface area contributed by atoms with Crippen molar-refractivity contribution >= 4 is 21.9 Å². The molecule has 0 aromatic heterocycles. The number of esters is 1. The summed E-state index contributed by atoms with van der Waals surface area (Å²) in [5, 5.41) is 0. The molecule has 0 heterocycles. The van der Waals surface area contributed by atoms with Crippen molar-refractivity contribution in [3.05, 3.63) is 33.8 Å². The van der Waals surface area contributed by atoms with Crippen molar-refractivity contribution in [3.63, 3.8) is 0 Å². The molecule has 1 unspecified atom stereocenters. The van der Waals surface area contributed by atoms with Gasteiger partial charge in [0.2, 0.25) is 0 Å². The Kier molecular flexibility index (Phi) is 4.93. The minimum atomic E-state index is -0.717. The van der Waals surface area contributed by atoms with Crippen molar-refractivity contribution < 1.29 is 14.3 Å². The second-order valence-electron chi connectivity index (χ2n) is 5.10. The largest absolute Gasteiger partial charge is 0.467 e. The van der Waals surface area contributed by atoms with E-state index in [2.05, 4.69) is 15.9 Å². The van der Waals surface area contributed by atoms with Crippen molar-refractivity contribution in [2.45, 2.75) is 39.4 Å². The minimum absolute atomic E-state index is 0.389. The molecule has 0 aliphatic heterocycles. The van der Waals surface area contributed by atoms with Gasteiger partial charge in [-0.2, -0.15) is 0 Å². The quantitative estimate of drug-likeness (QED) is 0.796. The SMILES string of the molecule is COC(=O)C(OC(C)(C)C)c1c(C)cccc1Br. The van der Waals surface area contributed by atoms with E-state index in [0.717, 1.165) is 15.6 Å². The van der Waals surface area contributed by atoms with Crippen LogP contribution in [0.5, 0.6) is 0 Å². The molecule has 0 radical (unpaired) electrons. The van der Waals surface area contributed by atoms with Crippen molar-refractivity contribution in [3.8, 4) is 0 Å². The Bertz CT molecular complexity index is 415. The highest BCUT2D eigenvalue weighted by Crippen LogP contribution is 2.32. The van der Waals surface area contributed by atoms with Gasteiger partial charge in [0.15, 0.2) is 6.10 Å². The van der Waals surface area contributed by atoms with E-state index < -0.39 is 11.7 Å². The zero-order chi connectivity index (χ0) is 13.9. The predicted octanol–water partition coefficient (Wildman–Crippen LogP) is 3.79. The summed E-state index contributed by atoms with van der Waals surface area (Å²) in [5.41, 5.74) is 1.38. The Morgan fingerprint density at radius 1 is 1.33 bits per heavy atom. The first kappa shape index (κ1) is 15.2. The second kappa shape index (κ2) is 5.85. The maximum Gasteiger partial charge on any atom is 0.339 e. The van der Waals surface area contributed by atoms with Crippen molar-refractivity contribution in [2.24, 2.45) is 0 Å². The number of rotatable bonds is 3. The molecule has 1 aromatic carbocycles. The topological polar surface area (TPSA) is 35.5 Å². The number of aryl methyl sites for hydroxylation is 1. The number of carbonyl (C=O) groups is 1. The normalized spacial score (nSPS) is 13.2. The van der Waals surface area contributed by atoms with E-state index in [1.165, 1.54) is 7.11 Å². The third-order valence-corrected chi connectivity index (χ3v) is 3.11. The van der Waals surface area contributed by atoms with E-state index in [4.69, 9.17) is 9.47 Å². The van der Waals surface area contributed by atoms with Gasteiger partial charge in [-0.15, -0.1) is 0 Å². The van der Waals surface area contributed by atoms with Gasteiger partial charge in [0.25, 0.3) is 0 Å². The molecular formula is C14H19BrO3. The summed E-state index contributed by atoms with van der Waals surface area (Å²) in [7, 11) is 1.37. The van der Waals surface area contributed by atoms with E-state index >= 15 is 0 Å². The lowest BCUT2D eigenvalue weighted by molar-refractivity contribution is -0.164. The molecule has 0 spiro atoms. The molecule has 1 aromatic rings. The first-order valence-corrected chi connectivity index (χ1v) is 6.56. The number of methoxy groups -OCH3 is 1. The Morgan fingerprint density at radius 2 is 1.94 bits per heavy atom. The average molecular weight is 315 g/mol. The van der Waals surface area contributed by atoms with Crippen LogP contribution < -0.4 is 0 Å². The molecule has 1 rings (SSSR count). The molecule has 0 saturated heterocycles. The fraction of sp³-hybridized carbons (Fsp3) is 0.500. The van der Waals surface area contributed by atoms with E-state index in [9.17, 15) is 4.79 Å². The number of hydrogen-bond donors (Lipinski definition) is 0. The lowest BCUT2D eigenvalue weighted by Crippen LogP contribution is -2.28. The summed E-state index contributed by atoms with van der Waals surface area (Å²) in [6, 6.07) is 5.76. The van der Waals surface area contributed by atoms with Gasteiger partial charge >= 0.3 is 5.97 Å². The van der Waals surface area contributed by atoms with Gasteiger partial charge in [-0.05, 0) is 39.3 Å². The second-order valence-corrected chi connectivity index (χ2v) is 5.96. The summed E-state index contributed by atoms with van der Waals surface area (Å²) >= 11 is 3.46. The molecule has 0 aliphatic rings. The predicted molar refractivity (Wildman–Crippen MR) is 74.5 cm³/mol. The van der Waals surface area contributed by atoms with Gasteiger partial charge in [0.1, 0.15) is 0 Å². The van der Waals surface area contributed by atoms with Gasteiger partial charge in [0.05, 0.1) is 12.7 Å². The molecule has 100 valence electrons. The van der Waals surface area contributed by atoms with Gasteiger partial charge in [-0.1, -0.05) is 28.1 Å². The number of benzene rings is 1. The molecule has 0 aliphatic carbocycles.